The topological polar surface area (TPSA) is 52.1 Å². The molecule has 0 bridgehead atoms. The maximum atomic E-state index is 5.00. The fourth-order valence-corrected chi connectivity index (χ4v) is 2.23. The molecule has 20 heavy (non-hydrogen) atoms. The van der Waals surface area contributed by atoms with Gasteiger partial charge >= 0.3 is 0 Å². The van der Waals surface area contributed by atoms with E-state index in [1.54, 1.807) is 14.2 Å². The van der Waals surface area contributed by atoms with Crippen LogP contribution in [0.25, 0.3) is 0 Å². The highest BCUT2D eigenvalue weighted by Crippen LogP contribution is 2.01. The van der Waals surface area contributed by atoms with Crippen molar-refractivity contribution in [2.75, 3.05) is 73.6 Å². The van der Waals surface area contributed by atoms with Crippen LogP contribution in [0.2, 0.25) is 0 Å². The van der Waals surface area contributed by atoms with Crippen molar-refractivity contribution in [1.29, 1.82) is 0 Å². The lowest BCUT2D eigenvalue weighted by Gasteiger charge is -2.32. The Hall–Kier alpha value is -0.850. The van der Waals surface area contributed by atoms with Crippen LogP contribution >= 0.6 is 0 Å². The van der Waals surface area contributed by atoms with Gasteiger partial charge in [-0.3, -0.25) is 4.99 Å². The number of piperazine rings is 1. The van der Waals surface area contributed by atoms with E-state index in [9.17, 15) is 0 Å². The number of nitrogens with one attached hydrogen (secondary N) is 2. The first-order valence-electron chi connectivity index (χ1n) is 7.60. The zero-order chi connectivity index (χ0) is 14.6. The number of guanidine groups is 1. The lowest BCUT2D eigenvalue weighted by molar-refractivity contribution is 0.152. The first-order chi connectivity index (χ1) is 9.76. The van der Waals surface area contributed by atoms with Crippen LogP contribution in [-0.4, -0.2) is 89.4 Å². The highest BCUT2D eigenvalue weighted by molar-refractivity contribution is 5.79. The SMILES string of the molecule is CN=C(NCCCCN1CCN(C)CC1)NCCOC. The van der Waals surface area contributed by atoms with E-state index < -0.39 is 0 Å². The second-order valence-corrected chi connectivity index (χ2v) is 5.27. The molecule has 0 spiro atoms. The van der Waals surface area contributed by atoms with Crippen LogP contribution in [0.3, 0.4) is 0 Å². The Morgan fingerprint density at radius 1 is 1.10 bits per heavy atom. The number of unbranched alkanes of at least 4 members (excludes halogenated alkanes) is 1. The van der Waals surface area contributed by atoms with Gasteiger partial charge in [0.05, 0.1) is 6.61 Å². The summed E-state index contributed by atoms with van der Waals surface area (Å²) >= 11 is 0. The van der Waals surface area contributed by atoms with Crippen molar-refractivity contribution in [1.82, 2.24) is 20.4 Å². The summed E-state index contributed by atoms with van der Waals surface area (Å²) in [5, 5.41) is 6.54. The summed E-state index contributed by atoms with van der Waals surface area (Å²) in [6.07, 6.45) is 2.42. The molecule has 1 fully saturated rings. The minimum absolute atomic E-state index is 0.699. The Morgan fingerprint density at radius 2 is 1.80 bits per heavy atom. The number of likely N-dealkylation sites (N-methyl/N-ethyl adjacent to an activating group) is 1. The van der Waals surface area contributed by atoms with Gasteiger partial charge in [-0.1, -0.05) is 0 Å². The van der Waals surface area contributed by atoms with E-state index in [1.807, 2.05) is 0 Å². The molecule has 1 aliphatic rings. The van der Waals surface area contributed by atoms with Crippen LogP contribution in [0.15, 0.2) is 4.99 Å². The van der Waals surface area contributed by atoms with Gasteiger partial charge in [0.1, 0.15) is 0 Å². The Kier molecular flexibility index (Phi) is 9.36. The minimum atomic E-state index is 0.699. The molecule has 0 aromatic carbocycles. The number of methoxy groups -OCH3 is 1. The lowest BCUT2D eigenvalue weighted by Crippen LogP contribution is -2.44. The Labute approximate surface area is 123 Å². The molecular weight excluding hydrogens is 254 g/mol. The zero-order valence-corrected chi connectivity index (χ0v) is 13.3. The molecule has 0 aliphatic carbocycles. The fraction of sp³-hybridized carbons (Fsp3) is 0.929. The summed E-state index contributed by atoms with van der Waals surface area (Å²) in [4.78, 5) is 9.14. The predicted octanol–water partition coefficient (Wildman–Crippen LogP) is -0.175. The predicted molar refractivity (Wildman–Crippen MR) is 84.4 cm³/mol. The fourth-order valence-electron chi connectivity index (χ4n) is 2.23. The molecule has 1 saturated heterocycles. The van der Waals surface area contributed by atoms with Crippen molar-refractivity contribution >= 4 is 5.96 Å². The van der Waals surface area contributed by atoms with Crippen LogP contribution in [0.5, 0.6) is 0 Å². The quantitative estimate of drug-likeness (QED) is 0.368. The third kappa shape index (κ3) is 7.67. The van der Waals surface area contributed by atoms with Gasteiger partial charge in [0.2, 0.25) is 0 Å². The average Bonchev–Trinajstić information content (AvgIpc) is 2.47. The van der Waals surface area contributed by atoms with Crippen molar-refractivity contribution in [3.63, 3.8) is 0 Å². The van der Waals surface area contributed by atoms with Crippen molar-refractivity contribution in [3.8, 4) is 0 Å². The monoisotopic (exact) mass is 285 g/mol. The standard InChI is InChI=1S/C14H31N5O/c1-15-14(17-7-13-20-3)16-6-4-5-8-19-11-9-18(2)10-12-19/h4-13H2,1-3H3,(H2,15,16,17). The average molecular weight is 285 g/mol. The first-order valence-corrected chi connectivity index (χ1v) is 7.60. The molecule has 0 aromatic heterocycles. The van der Waals surface area contributed by atoms with E-state index >= 15 is 0 Å². The number of hydrogen-bond donors (Lipinski definition) is 2. The van der Waals surface area contributed by atoms with Crippen LogP contribution in [0.4, 0.5) is 0 Å². The van der Waals surface area contributed by atoms with Gasteiger partial charge in [-0.25, -0.2) is 0 Å². The Balaban J connectivity index is 1.98. The van der Waals surface area contributed by atoms with Crippen LogP contribution < -0.4 is 10.6 Å². The number of rotatable bonds is 8. The lowest BCUT2D eigenvalue weighted by atomic mass is 10.2. The summed E-state index contributed by atoms with van der Waals surface area (Å²) in [6, 6.07) is 0. The van der Waals surface area contributed by atoms with Crippen molar-refractivity contribution < 1.29 is 4.74 Å². The summed E-state index contributed by atoms with van der Waals surface area (Å²) in [5.74, 6) is 0.863. The van der Waals surface area contributed by atoms with Crippen LogP contribution in [-0.2, 0) is 4.74 Å². The number of ether oxygens (including phenoxy) is 1. The summed E-state index contributed by atoms with van der Waals surface area (Å²) in [7, 11) is 5.70. The molecular formula is C14H31N5O. The van der Waals surface area contributed by atoms with Crippen molar-refractivity contribution in [2.24, 2.45) is 4.99 Å². The number of aliphatic imine (C=N–C) groups is 1. The normalized spacial score (nSPS) is 18.2. The molecule has 0 radical (unpaired) electrons. The third-order valence-corrected chi connectivity index (χ3v) is 3.61. The molecule has 0 unspecified atom stereocenters. The van der Waals surface area contributed by atoms with E-state index in [0.29, 0.717) is 6.61 Å². The molecule has 118 valence electrons. The maximum absolute atomic E-state index is 5.00. The van der Waals surface area contributed by atoms with Gasteiger partial charge in [-0.05, 0) is 26.4 Å². The molecule has 2 N–H and O–H groups in total. The number of hydrogen-bond acceptors (Lipinski definition) is 4. The summed E-state index contributed by atoms with van der Waals surface area (Å²) < 4.78 is 5.00. The van der Waals surface area contributed by atoms with Crippen LogP contribution in [0, 0.1) is 0 Å². The van der Waals surface area contributed by atoms with E-state index in [4.69, 9.17) is 4.74 Å². The second kappa shape index (κ2) is 10.9. The molecule has 0 amide bonds. The zero-order valence-electron chi connectivity index (χ0n) is 13.3. The Bertz CT molecular complexity index is 264. The molecule has 6 heteroatoms. The van der Waals surface area contributed by atoms with Crippen molar-refractivity contribution in [2.45, 2.75) is 12.8 Å². The molecule has 1 aliphatic heterocycles. The van der Waals surface area contributed by atoms with Gasteiger partial charge in [-0.15, -0.1) is 0 Å². The maximum Gasteiger partial charge on any atom is 0.191 e. The first kappa shape index (κ1) is 17.2. The third-order valence-electron chi connectivity index (χ3n) is 3.61. The van der Waals surface area contributed by atoms with Crippen molar-refractivity contribution in [3.05, 3.63) is 0 Å². The highest BCUT2D eigenvalue weighted by atomic mass is 16.5. The van der Waals surface area contributed by atoms with Gasteiger partial charge < -0.3 is 25.2 Å². The van der Waals surface area contributed by atoms with E-state index in [0.717, 1.165) is 19.0 Å². The molecule has 0 atom stereocenters. The largest absolute Gasteiger partial charge is 0.383 e. The van der Waals surface area contributed by atoms with E-state index in [1.165, 1.54) is 45.6 Å². The minimum Gasteiger partial charge on any atom is -0.383 e. The molecule has 1 rings (SSSR count). The van der Waals surface area contributed by atoms with Gasteiger partial charge in [0.25, 0.3) is 0 Å². The van der Waals surface area contributed by atoms with Gasteiger partial charge in [0, 0.05) is 53.4 Å². The summed E-state index contributed by atoms with van der Waals surface area (Å²) in [5.41, 5.74) is 0. The van der Waals surface area contributed by atoms with Gasteiger partial charge in [0.15, 0.2) is 5.96 Å². The second-order valence-electron chi connectivity index (χ2n) is 5.27. The molecule has 1 heterocycles. The Morgan fingerprint density at radius 3 is 2.45 bits per heavy atom. The van der Waals surface area contributed by atoms with Gasteiger partial charge in [-0.2, -0.15) is 0 Å². The van der Waals surface area contributed by atoms with Crippen LogP contribution in [0.1, 0.15) is 12.8 Å². The molecule has 6 nitrogen and oxygen atoms in total. The molecule has 0 saturated carbocycles. The highest BCUT2D eigenvalue weighted by Gasteiger charge is 2.12. The van der Waals surface area contributed by atoms with E-state index in [2.05, 4.69) is 32.5 Å². The molecule has 0 aromatic rings. The number of nitrogens with zero attached hydrogens (tertiary/aromatic N) is 3. The van der Waals surface area contributed by atoms with E-state index in [-0.39, 0.29) is 0 Å². The summed E-state index contributed by atoms with van der Waals surface area (Å²) in [6.45, 7) is 8.50. The smallest absolute Gasteiger partial charge is 0.191 e.